The molecule has 24 heavy (non-hydrogen) atoms. The molecule has 134 valence electrons. The highest BCUT2D eigenvalue weighted by atomic mass is 16.4. The molecule has 1 aliphatic rings. The van der Waals surface area contributed by atoms with E-state index in [4.69, 9.17) is 0 Å². The molecule has 1 aromatic rings. The maximum Gasteiger partial charge on any atom is 0.321 e. The Morgan fingerprint density at radius 3 is 2.54 bits per heavy atom. The minimum atomic E-state index is -0.757. The predicted octanol–water partition coefficient (Wildman–Crippen LogP) is 2.13. The van der Waals surface area contributed by atoms with Crippen molar-refractivity contribution in [3.63, 3.8) is 0 Å². The number of hydrogen-bond acceptors (Lipinski definition) is 3. The van der Waals surface area contributed by atoms with Crippen LogP contribution in [0, 0.1) is 5.92 Å². The molecule has 0 aromatic carbocycles. The van der Waals surface area contributed by atoms with Gasteiger partial charge in [-0.05, 0) is 37.8 Å². The van der Waals surface area contributed by atoms with Crippen LogP contribution in [0.4, 0.5) is 0 Å². The molecule has 1 saturated heterocycles. The maximum absolute atomic E-state index is 11.7. The molecular weight excluding hydrogens is 306 g/mol. The van der Waals surface area contributed by atoms with E-state index in [0.29, 0.717) is 13.0 Å². The average Bonchev–Trinajstić information content (AvgIpc) is 3.15. The molecule has 0 aliphatic carbocycles. The van der Waals surface area contributed by atoms with Crippen LogP contribution in [0.15, 0.2) is 24.5 Å². The number of hydrogen-bond donors (Lipinski definition) is 2. The minimum absolute atomic E-state index is 0.0370. The van der Waals surface area contributed by atoms with Crippen LogP contribution in [-0.2, 0) is 9.59 Å². The van der Waals surface area contributed by atoms with E-state index in [0.717, 1.165) is 19.4 Å². The van der Waals surface area contributed by atoms with Crippen LogP contribution in [0.3, 0.4) is 0 Å². The monoisotopic (exact) mass is 335 g/mol. The number of aromatic nitrogens is 1. The summed E-state index contributed by atoms with van der Waals surface area (Å²) in [4.78, 5) is 25.1. The van der Waals surface area contributed by atoms with E-state index in [1.54, 1.807) is 0 Å². The molecule has 1 fully saturated rings. The van der Waals surface area contributed by atoms with Crippen molar-refractivity contribution in [1.82, 2.24) is 14.8 Å². The quantitative estimate of drug-likeness (QED) is 0.763. The molecule has 0 saturated carbocycles. The van der Waals surface area contributed by atoms with Crippen LogP contribution in [0.2, 0.25) is 0 Å². The summed E-state index contributed by atoms with van der Waals surface area (Å²) in [7, 11) is 0. The third kappa shape index (κ3) is 4.60. The molecule has 2 N–H and O–H groups in total. The standard InChI is InChI=1S/C18H29N3O3/c1-4-7-15(13(2)19-14(3)22)11-21-12-16(10-17(21)18(23)24)20-8-5-6-9-20/h5-6,8-9,13,15-17H,4,7,10-12H2,1-3H3,(H,19,22)(H,23,24)/t13?,15?,16-,17-/m1/s1. The Kier molecular flexibility index (Phi) is 6.43. The number of likely N-dealkylation sites (tertiary alicyclic amines) is 1. The smallest absolute Gasteiger partial charge is 0.321 e. The summed E-state index contributed by atoms with van der Waals surface area (Å²) < 4.78 is 2.10. The minimum Gasteiger partial charge on any atom is -0.480 e. The summed E-state index contributed by atoms with van der Waals surface area (Å²) in [6, 6.07) is 3.72. The van der Waals surface area contributed by atoms with Crippen LogP contribution >= 0.6 is 0 Å². The van der Waals surface area contributed by atoms with Gasteiger partial charge in [0.1, 0.15) is 6.04 Å². The van der Waals surface area contributed by atoms with E-state index in [2.05, 4.69) is 21.7 Å². The molecule has 1 aromatic heterocycles. The Morgan fingerprint density at radius 2 is 2.00 bits per heavy atom. The lowest BCUT2D eigenvalue weighted by Gasteiger charge is -2.30. The molecule has 0 bridgehead atoms. The second kappa shape index (κ2) is 8.33. The summed E-state index contributed by atoms with van der Waals surface area (Å²) in [5.41, 5.74) is 0. The lowest BCUT2D eigenvalue weighted by Crippen LogP contribution is -2.45. The summed E-state index contributed by atoms with van der Waals surface area (Å²) in [6.07, 6.45) is 6.60. The Hall–Kier alpha value is -1.82. The highest BCUT2D eigenvalue weighted by Gasteiger charge is 2.38. The van der Waals surface area contributed by atoms with Crippen molar-refractivity contribution in [3.8, 4) is 0 Å². The number of carboxylic acid groups (broad SMARTS) is 1. The molecule has 1 amide bonds. The van der Waals surface area contributed by atoms with Crippen molar-refractivity contribution >= 4 is 11.9 Å². The summed E-state index contributed by atoms with van der Waals surface area (Å²) in [6.45, 7) is 7.09. The van der Waals surface area contributed by atoms with Crippen molar-refractivity contribution in [1.29, 1.82) is 0 Å². The van der Waals surface area contributed by atoms with Gasteiger partial charge in [0, 0.05) is 44.5 Å². The van der Waals surface area contributed by atoms with Gasteiger partial charge in [-0.15, -0.1) is 0 Å². The van der Waals surface area contributed by atoms with E-state index in [1.807, 2.05) is 31.5 Å². The molecule has 1 aliphatic heterocycles. The predicted molar refractivity (Wildman–Crippen MR) is 92.8 cm³/mol. The van der Waals surface area contributed by atoms with Gasteiger partial charge in [0.25, 0.3) is 0 Å². The van der Waals surface area contributed by atoms with Gasteiger partial charge in [0.15, 0.2) is 0 Å². The normalized spacial score (nSPS) is 23.8. The van der Waals surface area contributed by atoms with Gasteiger partial charge in [0.05, 0.1) is 0 Å². The first kappa shape index (κ1) is 18.5. The Balaban J connectivity index is 2.08. The van der Waals surface area contributed by atoms with Gasteiger partial charge in [-0.1, -0.05) is 13.3 Å². The van der Waals surface area contributed by atoms with Crippen LogP contribution in [-0.4, -0.2) is 51.6 Å². The first-order valence-electron chi connectivity index (χ1n) is 8.78. The largest absolute Gasteiger partial charge is 0.480 e. The highest BCUT2D eigenvalue weighted by molar-refractivity contribution is 5.74. The Bertz CT molecular complexity index is 544. The van der Waals surface area contributed by atoms with E-state index in [-0.39, 0.29) is 23.9 Å². The second-order valence-corrected chi connectivity index (χ2v) is 6.87. The number of nitrogens with one attached hydrogen (secondary N) is 1. The van der Waals surface area contributed by atoms with Crippen molar-refractivity contribution in [2.24, 2.45) is 5.92 Å². The first-order chi connectivity index (χ1) is 11.4. The zero-order chi connectivity index (χ0) is 17.7. The van der Waals surface area contributed by atoms with Crippen molar-refractivity contribution in [2.75, 3.05) is 13.1 Å². The van der Waals surface area contributed by atoms with Crippen LogP contribution in [0.25, 0.3) is 0 Å². The molecule has 6 nitrogen and oxygen atoms in total. The molecule has 6 heteroatoms. The van der Waals surface area contributed by atoms with Crippen LogP contribution in [0.1, 0.15) is 46.1 Å². The lowest BCUT2D eigenvalue weighted by atomic mass is 9.95. The van der Waals surface area contributed by atoms with E-state index < -0.39 is 12.0 Å². The van der Waals surface area contributed by atoms with E-state index >= 15 is 0 Å². The molecule has 0 spiro atoms. The van der Waals surface area contributed by atoms with Gasteiger partial charge >= 0.3 is 5.97 Å². The second-order valence-electron chi connectivity index (χ2n) is 6.87. The number of carbonyl (C=O) groups excluding carboxylic acids is 1. The summed E-state index contributed by atoms with van der Waals surface area (Å²) in [5.74, 6) is -0.540. The number of nitrogens with zero attached hydrogens (tertiary/aromatic N) is 2. The molecule has 4 atom stereocenters. The molecule has 0 radical (unpaired) electrons. The Labute approximate surface area is 143 Å². The number of carbonyl (C=O) groups is 2. The third-order valence-corrected chi connectivity index (χ3v) is 4.98. The van der Waals surface area contributed by atoms with Crippen molar-refractivity contribution in [3.05, 3.63) is 24.5 Å². The SMILES string of the molecule is CCCC(CN1C[C@H](n2cccc2)C[C@@H]1C(=O)O)C(C)NC(C)=O. The van der Waals surface area contributed by atoms with Gasteiger partial charge in [-0.2, -0.15) is 0 Å². The summed E-state index contributed by atoms with van der Waals surface area (Å²) >= 11 is 0. The topological polar surface area (TPSA) is 74.6 Å². The van der Waals surface area contributed by atoms with Gasteiger partial charge < -0.3 is 15.0 Å². The fourth-order valence-corrected chi connectivity index (χ4v) is 3.76. The van der Waals surface area contributed by atoms with Gasteiger partial charge in [-0.3, -0.25) is 14.5 Å². The zero-order valence-electron chi connectivity index (χ0n) is 14.8. The van der Waals surface area contributed by atoms with Crippen molar-refractivity contribution < 1.29 is 14.7 Å². The van der Waals surface area contributed by atoms with Crippen LogP contribution < -0.4 is 5.32 Å². The first-order valence-corrected chi connectivity index (χ1v) is 8.78. The average molecular weight is 335 g/mol. The molecule has 2 unspecified atom stereocenters. The fraction of sp³-hybridized carbons (Fsp3) is 0.667. The van der Waals surface area contributed by atoms with Gasteiger partial charge in [-0.25, -0.2) is 0 Å². The fourth-order valence-electron chi connectivity index (χ4n) is 3.76. The maximum atomic E-state index is 11.7. The highest BCUT2D eigenvalue weighted by Crippen LogP contribution is 2.29. The molecular formula is C18H29N3O3. The van der Waals surface area contributed by atoms with E-state index in [1.165, 1.54) is 6.92 Å². The van der Waals surface area contributed by atoms with Crippen LogP contribution in [0.5, 0.6) is 0 Å². The third-order valence-electron chi connectivity index (χ3n) is 4.98. The Morgan fingerprint density at radius 1 is 1.33 bits per heavy atom. The molecule has 2 heterocycles. The zero-order valence-corrected chi connectivity index (χ0v) is 14.8. The lowest BCUT2D eigenvalue weighted by molar-refractivity contribution is -0.142. The molecule has 2 rings (SSSR count). The number of amides is 1. The number of aliphatic carboxylic acids is 1. The van der Waals surface area contributed by atoms with Crippen molar-refractivity contribution in [2.45, 2.75) is 58.2 Å². The van der Waals surface area contributed by atoms with E-state index in [9.17, 15) is 14.7 Å². The van der Waals surface area contributed by atoms with Gasteiger partial charge in [0.2, 0.25) is 5.91 Å². The summed E-state index contributed by atoms with van der Waals surface area (Å²) in [5, 5.41) is 12.6. The number of carboxylic acids is 1. The number of rotatable bonds is 8.